The molecular formula is C21H20N4O3S. The largest absolute Gasteiger partial charge is 0.497 e. The van der Waals surface area contributed by atoms with Gasteiger partial charge in [0.05, 0.1) is 13.0 Å². The van der Waals surface area contributed by atoms with E-state index in [4.69, 9.17) is 4.74 Å². The molecule has 8 heteroatoms. The molecule has 0 spiro atoms. The number of rotatable bonds is 6. The van der Waals surface area contributed by atoms with Gasteiger partial charge in [0, 0.05) is 25.1 Å². The van der Waals surface area contributed by atoms with Gasteiger partial charge in [-0.05, 0) is 29.8 Å². The van der Waals surface area contributed by atoms with E-state index in [0.717, 1.165) is 22.0 Å². The minimum absolute atomic E-state index is 0.0474. The first-order chi connectivity index (χ1) is 14.1. The molecule has 0 unspecified atom stereocenters. The summed E-state index contributed by atoms with van der Waals surface area (Å²) in [4.78, 5) is 26.6. The van der Waals surface area contributed by atoms with Gasteiger partial charge in [-0.25, -0.2) is 0 Å². The number of benzene rings is 2. The van der Waals surface area contributed by atoms with Crippen LogP contribution in [0.4, 0.5) is 10.8 Å². The zero-order valence-corrected chi connectivity index (χ0v) is 16.7. The summed E-state index contributed by atoms with van der Waals surface area (Å²) in [5.41, 5.74) is 1.89. The highest BCUT2D eigenvalue weighted by Gasteiger charge is 2.35. The number of nitrogens with one attached hydrogen (secondary N) is 1. The molecule has 1 aromatic heterocycles. The van der Waals surface area contributed by atoms with E-state index >= 15 is 0 Å². The summed E-state index contributed by atoms with van der Waals surface area (Å²) in [6, 6.07) is 17.1. The number of amides is 2. The van der Waals surface area contributed by atoms with Crippen molar-refractivity contribution in [2.45, 2.75) is 12.8 Å². The van der Waals surface area contributed by atoms with Gasteiger partial charge in [0.15, 0.2) is 0 Å². The van der Waals surface area contributed by atoms with Crippen molar-refractivity contribution in [3.05, 3.63) is 65.2 Å². The van der Waals surface area contributed by atoms with Gasteiger partial charge in [-0.3, -0.25) is 9.59 Å². The van der Waals surface area contributed by atoms with Crippen LogP contribution in [0.3, 0.4) is 0 Å². The normalized spacial score (nSPS) is 16.1. The number of hydrogen-bond donors (Lipinski definition) is 1. The molecule has 0 aliphatic carbocycles. The third-order valence-electron chi connectivity index (χ3n) is 4.78. The Hall–Kier alpha value is -3.26. The highest BCUT2D eigenvalue weighted by molar-refractivity contribution is 7.15. The fraction of sp³-hybridized carbons (Fsp3) is 0.238. The second kappa shape index (κ2) is 8.40. The first-order valence-corrected chi connectivity index (χ1v) is 10.1. The Labute approximate surface area is 172 Å². The molecule has 4 rings (SSSR count). The van der Waals surface area contributed by atoms with Crippen molar-refractivity contribution in [2.75, 3.05) is 23.9 Å². The summed E-state index contributed by atoms with van der Waals surface area (Å²) in [7, 11) is 1.63. The quantitative estimate of drug-likeness (QED) is 0.677. The minimum atomic E-state index is -0.406. The molecule has 1 aliphatic heterocycles. The van der Waals surface area contributed by atoms with Crippen molar-refractivity contribution in [2.24, 2.45) is 5.92 Å². The van der Waals surface area contributed by atoms with E-state index in [1.807, 2.05) is 54.6 Å². The molecule has 1 atom stereocenters. The zero-order chi connectivity index (χ0) is 20.2. The molecule has 2 amide bonds. The molecule has 2 aromatic carbocycles. The van der Waals surface area contributed by atoms with Crippen LogP contribution in [-0.4, -0.2) is 35.7 Å². The number of carbonyl (C=O) groups excluding carboxylic acids is 2. The van der Waals surface area contributed by atoms with Crippen LogP contribution in [-0.2, 0) is 16.0 Å². The lowest BCUT2D eigenvalue weighted by Crippen LogP contribution is -2.28. The van der Waals surface area contributed by atoms with E-state index in [2.05, 4.69) is 15.5 Å². The van der Waals surface area contributed by atoms with Crippen LogP contribution in [0.1, 0.15) is 17.0 Å². The number of aromatic nitrogens is 2. The van der Waals surface area contributed by atoms with Gasteiger partial charge in [-0.2, -0.15) is 0 Å². The van der Waals surface area contributed by atoms with Gasteiger partial charge in [0.25, 0.3) is 0 Å². The van der Waals surface area contributed by atoms with Crippen molar-refractivity contribution >= 4 is 34.0 Å². The van der Waals surface area contributed by atoms with Gasteiger partial charge >= 0.3 is 0 Å². The monoisotopic (exact) mass is 408 g/mol. The number of hydrogen-bond acceptors (Lipinski definition) is 6. The molecule has 2 heterocycles. The number of nitrogens with zero attached hydrogens (tertiary/aromatic N) is 3. The molecule has 0 saturated carbocycles. The summed E-state index contributed by atoms with van der Waals surface area (Å²) in [5.74, 6) is 0.143. The van der Waals surface area contributed by atoms with Crippen molar-refractivity contribution in [3.8, 4) is 5.75 Å². The van der Waals surface area contributed by atoms with Crippen molar-refractivity contribution in [1.29, 1.82) is 0 Å². The maximum atomic E-state index is 12.6. The highest BCUT2D eigenvalue weighted by Crippen LogP contribution is 2.26. The van der Waals surface area contributed by atoms with Gasteiger partial charge in [-0.1, -0.05) is 41.7 Å². The maximum absolute atomic E-state index is 12.6. The molecule has 7 nitrogen and oxygen atoms in total. The molecule has 148 valence electrons. The van der Waals surface area contributed by atoms with E-state index in [1.54, 1.807) is 12.0 Å². The maximum Gasteiger partial charge on any atom is 0.231 e. The lowest BCUT2D eigenvalue weighted by Gasteiger charge is -2.16. The number of methoxy groups -OCH3 is 1. The van der Waals surface area contributed by atoms with E-state index < -0.39 is 5.92 Å². The van der Waals surface area contributed by atoms with Crippen LogP contribution in [0.25, 0.3) is 0 Å². The number of para-hydroxylation sites is 1. The van der Waals surface area contributed by atoms with Gasteiger partial charge in [-0.15, -0.1) is 10.2 Å². The number of carbonyl (C=O) groups is 2. The average molecular weight is 408 g/mol. The van der Waals surface area contributed by atoms with Crippen LogP contribution in [0.15, 0.2) is 54.6 Å². The second-order valence-corrected chi connectivity index (χ2v) is 7.82. The Morgan fingerprint density at radius 2 is 1.93 bits per heavy atom. The predicted molar refractivity (Wildman–Crippen MR) is 111 cm³/mol. The third-order valence-corrected chi connectivity index (χ3v) is 5.61. The van der Waals surface area contributed by atoms with E-state index in [-0.39, 0.29) is 18.2 Å². The topological polar surface area (TPSA) is 84.4 Å². The minimum Gasteiger partial charge on any atom is -0.497 e. The lowest BCUT2D eigenvalue weighted by molar-refractivity contribution is -0.122. The zero-order valence-electron chi connectivity index (χ0n) is 15.9. The molecule has 1 saturated heterocycles. The molecule has 1 aliphatic rings. The summed E-state index contributed by atoms with van der Waals surface area (Å²) < 4.78 is 5.16. The first kappa shape index (κ1) is 19.1. The average Bonchev–Trinajstić information content (AvgIpc) is 3.35. The summed E-state index contributed by atoms with van der Waals surface area (Å²) in [5, 5.41) is 12.3. The van der Waals surface area contributed by atoms with Gasteiger partial charge in [0.1, 0.15) is 10.8 Å². The smallest absolute Gasteiger partial charge is 0.231 e. The van der Waals surface area contributed by atoms with Crippen LogP contribution in [0.5, 0.6) is 5.75 Å². The van der Waals surface area contributed by atoms with Gasteiger partial charge < -0.3 is 15.0 Å². The second-order valence-electron chi connectivity index (χ2n) is 6.76. The van der Waals surface area contributed by atoms with E-state index in [1.165, 1.54) is 11.3 Å². The summed E-state index contributed by atoms with van der Waals surface area (Å²) in [6.45, 7) is 0.367. The van der Waals surface area contributed by atoms with Crippen LogP contribution >= 0.6 is 11.3 Å². The highest BCUT2D eigenvalue weighted by atomic mass is 32.1. The summed E-state index contributed by atoms with van der Waals surface area (Å²) in [6.07, 6.45) is 0.819. The predicted octanol–water partition coefficient (Wildman–Crippen LogP) is 3.13. The molecule has 29 heavy (non-hydrogen) atoms. The molecule has 1 N–H and O–H groups in total. The van der Waals surface area contributed by atoms with Crippen molar-refractivity contribution in [1.82, 2.24) is 10.2 Å². The molecule has 0 bridgehead atoms. The Balaban J connectivity index is 1.36. The van der Waals surface area contributed by atoms with Crippen LogP contribution < -0.4 is 15.0 Å². The van der Waals surface area contributed by atoms with Crippen molar-refractivity contribution < 1.29 is 14.3 Å². The molecule has 1 fully saturated rings. The van der Waals surface area contributed by atoms with Crippen LogP contribution in [0.2, 0.25) is 0 Å². The molecular weight excluding hydrogens is 388 g/mol. The Kier molecular flexibility index (Phi) is 5.53. The molecule has 0 radical (unpaired) electrons. The third kappa shape index (κ3) is 4.43. The van der Waals surface area contributed by atoms with Gasteiger partial charge in [0.2, 0.25) is 16.9 Å². The van der Waals surface area contributed by atoms with E-state index in [0.29, 0.717) is 18.1 Å². The lowest BCUT2D eigenvalue weighted by atomic mass is 10.1. The Morgan fingerprint density at radius 3 is 2.66 bits per heavy atom. The number of anilines is 2. The molecule has 3 aromatic rings. The first-order valence-electron chi connectivity index (χ1n) is 9.24. The summed E-state index contributed by atoms with van der Waals surface area (Å²) >= 11 is 1.34. The Bertz CT molecular complexity index is 1000. The van der Waals surface area contributed by atoms with E-state index in [9.17, 15) is 9.59 Å². The standard InChI is InChI=1S/C21H20N4O3S/c1-28-17-9-7-14(8-10-17)11-18-23-24-21(29-18)22-20(27)15-12-19(26)25(13-15)16-5-3-2-4-6-16/h2-10,15H,11-13H2,1H3,(H,22,24,27)/t15-/m1/s1. The Morgan fingerprint density at radius 1 is 1.17 bits per heavy atom. The fourth-order valence-electron chi connectivity index (χ4n) is 3.24. The number of ether oxygens (including phenoxy) is 1. The van der Waals surface area contributed by atoms with Crippen LogP contribution in [0, 0.1) is 5.92 Å². The SMILES string of the molecule is COc1ccc(Cc2nnc(NC(=O)[C@@H]3CC(=O)N(c4ccccc4)C3)s2)cc1. The fourth-order valence-corrected chi connectivity index (χ4v) is 4.02. The van der Waals surface area contributed by atoms with Crippen molar-refractivity contribution in [3.63, 3.8) is 0 Å².